The molecule has 1 fully saturated rings. The van der Waals surface area contributed by atoms with Gasteiger partial charge in [0.15, 0.2) is 0 Å². The molecule has 0 aliphatic carbocycles. The van der Waals surface area contributed by atoms with Gasteiger partial charge in [0.1, 0.15) is 6.26 Å². The second-order valence-corrected chi connectivity index (χ2v) is 7.69. The van der Waals surface area contributed by atoms with Gasteiger partial charge in [0.05, 0.1) is 11.6 Å². The monoisotopic (exact) mass is 399 g/mol. The summed E-state index contributed by atoms with van der Waals surface area (Å²) in [6, 6.07) is 9.91. The maximum Gasteiger partial charge on any atom is 0.226 e. The number of nitrogens with one attached hydrogen (secondary N) is 1. The van der Waals surface area contributed by atoms with Gasteiger partial charge in [0.2, 0.25) is 11.8 Å². The Bertz CT molecular complexity index is 732. The van der Waals surface area contributed by atoms with Crippen LogP contribution in [0.1, 0.15) is 44.7 Å². The van der Waals surface area contributed by atoms with E-state index in [0.717, 1.165) is 63.1 Å². The van der Waals surface area contributed by atoms with Crippen molar-refractivity contribution < 1.29 is 13.9 Å². The van der Waals surface area contributed by atoms with Crippen molar-refractivity contribution in [2.24, 2.45) is 5.92 Å². The van der Waals surface area contributed by atoms with Crippen LogP contribution in [0.25, 0.3) is 11.5 Å². The van der Waals surface area contributed by atoms with E-state index in [2.05, 4.69) is 22.1 Å². The first-order chi connectivity index (χ1) is 14.3. The Hall–Kier alpha value is -2.18. The standard InChI is InChI=1S/C23H33N3O3/c1-2-3-14-28-15-8-12-24-22(27)20-11-7-13-26(16-20)17-21-18-29-23(25-21)19-9-5-4-6-10-19/h4-6,9-10,18,20H,2-3,7-8,11-17H2,1H3,(H,24,27). The number of oxazole rings is 1. The minimum absolute atomic E-state index is 0.0465. The van der Waals surface area contributed by atoms with E-state index >= 15 is 0 Å². The first-order valence-corrected chi connectivity index (χ1v) is 10.8. The fraction of sp³-hybridized carbons (Fsp3) is 0.565. The summed E-state index contributed by atoms with van der Waals surface area (Å²) in [5.41, 5.74) is 1.89. The van der Waals surface area contributed by atoms with E-state index in [9.17, 15) is 4.79 Å². The average Bonchev–Trinajstić information content (AvgIpc) is 3.22. The zero-order valence-electron chi connectivity index (χ0n) is 17.4. The molecule has 0 spiro atoms. The van der Waals surface area contributed by atoms with Crippen LogP contribution in [0.4, 0.5) is 0 Å². The van der Waals surface area contributed by atoms with Gasteiger partial charge in [-0.05, 0) is 44.4 Å². The van der Waals surface area contributed by atoms with E-state index in [0.29, 0.717) is 25.6 Å². The minimum Gasteiger partial charge on any atom is -0.444 e. The molecular formula is C23H33N3O3. The van der Waals surface area contributed by atoms with Gasteiger partial charge in [-0.1, -0.05) is 31.5 Å². The van der Waals surface area contributed by atoms with Crippen molar-refractivity contribution in [1.29, 1.82) is 0 Å². The Balaban J connectivity index is 1.40. The Morgan fingerprint density at radius 2 is 2.10 bits per heavy atom. The number of likely N-dealkylation sites (tertiary alicyclic amines) is 1. The summed E-state index contributed by atoms with van der Waals surface area (Å²) in [5.74, 6) is 0.853. The number of carbonyl (C=O) groups excluding carboxylic acids is 1. The first kappa shape index (κ1) is 21.5. The highest BCUT2D eigenvalue weighted by molar-refractivity contribution is 5.78. The van der Waals surface area contributed by atoms with Gasteiger partial charge >= 0.3 is 0 Å². The van der Waals surface area contributed by atoms with Crippen LogP contribution >= 0.6 is 0 Å². The second kappa shape index (κ2) is 11.7. The van der Waals surface area contributed by atoms with E-state index in [4.69, 9.17) is 9.15 Å². The second-order valence-electron chi connectivity index (χ2n) is 7.69. The van der Waals surface area contributed by atoms with Gasteiger partial charge in [0.25, 0.3) is 0 Å². The first-order valence-electron chi connectivity index (χ1n) is 10.8. The van der Waals surface area contributed by atoms with Crippen LogP contribution in [0.15, 0.2) is 41.0 Å². The molecule has 6 nitrogen and oxygen atoms in total. The number of piperidine rings is 1. The molecule has 1 saturated heterocycles. The average molecular weight is 400 g/mol. The molecule has 0 bridgehead atoms. The van der Waals surface area contributed by atoms with Gasteiger partial charge in [-0.25, -0.2) is 4.98 Å². The van der Waals surface area contributed by atoms with Crippen molar-refractivity contribution in [3.63, 3.8) is 0 Å². The van der Waals surface area contributed by atoms with E-state index in [1.807, 2.05) is 30.3 Å². The van der Waals surface area contributed by atoms with E-state index in [1.54, 1.807) is 6.26 Å². The molecule has 6 heteroatoms. The predicted octanol–water partition coefficient (Wildman–Crippen LogP) is 3.88. The summed E-state index contributed by atoms with van der Waals surface area (Å²) in [4.78, 5) is 19.4. The Morgan fingerprint density at radius 1 is 1.28 bits per heavy atom. The third-order valence-corrected chi connectivity index (χ3v) is 5.24. The third kappa shape index (κ3) is 6.98. The molecule has 1 aromatic carbocycles. The fourth-order valence-corrected chi connectivity index (χ4v) is 3.61. The molecule has 2 aromatic rings. The van der Waals surface area contributed by atoms with Crippen LogP contribution in [0.3, 0.4) is 0 Å². The molecular weight excluding hydrogens is 366 g/mol. The van der Waals surface area contributed by atoms with Crippen molar-refractivity contribution >= 4 is 5.91 Å². The number of nitrogens with zero attached hydrogens (tertiary/aromatic N) is 2. The zero-order valence-corrected chi connectivity index (χ0v) is 17.4. The smallest absolute Gasteiger partial charge is 0.226 e. The topological polar surface area (TPSA) is 67.6 Å². The quantitative estimate of drug-likeness (QED) is 0.581. The van der Waals surface area contributed by atoms with Gasteiger partial charge in [0, 0.05) is 38.4 Å². The lowest BCUT2D eigenvalue weighted by atomic mass is 9.97. The molecule has 1 unspecified atom stereocenters. The van der Waals surface area contributed by atoms with Crippen LogP contribution in [0.2, 0.25) is 0 Å². The maximum absolute atomic E-state index is 12.5. The number of carbonyl (C=O) groups is 1. The number of rotatable bonds is 11. The number of benzene rings is 1. The third-order valence-electron chi connectivity index (χ3n) is 5.24. The van der Waals surface area contributed by atoms with Crippen molar-refractivity contribution in [2.75, 3.05) is 32.8 Å². The molecule has 1 atom stereocenters. The number of unbranched alkanes of at least 4 members (excludes halogenated alkanes) is 1. The molecule has 1 N–H and O–H groups in total. The lowest BCUT2D eigenvalue weighted by molar-refractivity contribution is -0.126. The maximum atomic E-state index is 12.5. The number of hydrogen-bond acceptors (Lipinski definition) is 5. The molecule has 3 rings (SSSR count). The Morgan fingerprint density at radius 3 is 2.93 bits per heavy atom. The summed E-state index contributed by atoms with van der Waals surface area (Å²) >= 11 is 0. The van der Waals surface area contributed by atoms with Crippen molar-refractivity contribution in [3.05, 3.63) is 42.3 Å². The minimum atomic E-state index is 0.0465. The van der Waals surface area contributed by atoms with Crippen molar-refractivity contribution in [3.8, 4) is 11.5 Å². The van der Waals surface area contributed by atoms with E-state index < -0.39 is 0 Å². The fourth-order valence-electron chi connectivity index (χ4n) is 3.61. The number of ether oxygens (including phenoxy) is 1. The van der Waals surface area contributed by atoms with Crippen molar-refractivity contribution in [2.45, 2.75) is 45.6 Å². The van der Waals surface area contributed by atoms with E-state index in [-0.39, 0.29) is 11.8 Å². The van der Waals surface area contributed by atoms with Crippen molar-refractivity contribution in [1.82, 2.24) is 15.2 Å². The molecule has 1 aromatic heterocycles. The number of hydrogen-bond donors (Lipinski definition) is 1. The largest absolute Gasteiger partial charge is 0.444 e. The summed E-state index contributed by atoms with van der Waals surface area (Å²) in [6.07, 6.45) is 6.82. The molecule has 0 radical (unpaired) electrons. The molecule has 1 amide bonds. The molecule has 1 aliphatic heterocycles. The zero-order chi connectivity index (χ0) is 20.3. The van der Waals surface area contributed by atoms with Gasteiger partial charge in [-0.2, -0.15) is 0 Å². The highest BCUT2D eigenvalue weighted by atomic mass is 16.5. The lowest BCUT2D eigenvalue weighted by Crippen LogP contribution is -2.43. The van der Waals surface area contributed by atoms with Gasteiger partial charge in [-0.3, -0.25) is 9.69 Å². The SMILES string of the molecule is CCCCOCCCNC(=O)C1CCCN(Cc2coc(-c3ccccc3)n2)C1. The molecule has 1 aliphatic rings. The number of amides is 1. The van der Waals surface area contributed by atoms with Crippen LogP contribution in [-0.2, 0) is 16.1 Å². The van der Waals surface area contributed by atoms with Crippen LogP contribution in [-0.4, -0.2) is 48.6 Å². The summed E-state index contributed by atoms with van der Waals surface area (Å²) in [5, 5.41) is 3.07. The summed E-state index contributed by atoms with van der Waals surface area (Å²) in [7, 11) is 0. The predicted molar refractivity (Wildman–Crippen MR) is 113 cm³/mol. The molecule has 158 valence electrons. The van der Waals surface area contributed by atoms with Crippen LogP contribution < -0.4 is 5.32 Å². The Labute approximate surface area is 173 Å². The van der Waals surface area contributed by atoms with Gasteiger partial charge in [-0.15, -0.1) is 0 Å². The Kier molecular flexibility index (Phi) is 8.71. The normalized spacial score (nSPS) is 17.3. The lowest BCUT2D eigenvalue weighted by Gasteiger charge is -2.31. The molecule has 2 heterocycles. The van der Waals surface area contributed by atoms with Crippen LogP contribution in [0, 0.1) is 5.92 Å². The highest BCUT2D eigenvalue weighted by Crippen LogP contribution is 2.21. The summed E-state index contributed by atoms with van der Waals surface area (Å²) < 4.78 is 11.2. The summed E-state index contributed by atoms with van der Waals surface area (Å²) in [6.45, 7) is 6.84. The van der Waals surface area contributed by atoms with E-state index in [1.165, 1.54) is 0 Å². The number of aromatic nitrogens is 1. The van der Waals surface area contributed by atoms with Gasteiger partial charge < -0.3 is 14.5 Å². The molecule has 29 heavy (non-hydrogen) atoms. The highest BCUT2D eigenvalue weighted by Gasteiger charge is 2.26. The van der Waals surface area contributed by atoms with Crippen LogP contribution in [0.5, 0.6) is 0 Å². The molecule has 0 saturated carbocycles.